The molecule has 1 rings (SSSR count). The van der Waals surface area contributed by atoms with Gasteiger partial charge in [-0.25, -0.2) is 4.79 Å². The van der Waals surface area contributed by atoms with Crippen molar-refractivity contribution in [3.8, 4) is 5.75 Å². The minimum Gasteiger partial charge on any atom is -0.496 e. The molecular weight excluding hydrogens is 216 g/mol. The van der Waals surface area contributed by atoms with E-state index >= 15 is 0 Å². The molecule has 17 heavy (non-hydrogen) atoms. The average Bonchev–Trinajstić information content (AvgIpc) is 2.29. The number of esters is 1. The Morgan fingerprint density at radius 2 is 2.12 bits per heavy atom. The fourth-order valence-corrected chi connectivity index (χ4v) is 1.57. The minimum atomic E-state index is -0.325. The van der Waals surface area contributed by atoms with E-state index in [0.717, 1.165) is 22.4 Å². The van der Waals surface area contributed by atoms with Crippen LogP contribution in [0.5, 0.6) is 5.75 Å². The number of benzene rings is 1. The van der Waals surface area contributed by atoms with Gasteiger partial charge in [0.1, 0.15) is 5.75 Å². The molecule has 0 spiro atoms. The number of methoxy groups -OCH3 is 1. The predicted octanol–water partition coefficient (Wildman–Crippen LogP) is 2.97. The molecule has 0 atom stereocenters. The molecule has 0 aromatic heterocycles. The molecule has 0 saturated carbocycles. The van der Waals surface area contributed by atoms with E-state index in [9.17, 15) is 4.79 Å². The van der Waals surface area contributed by atoms with Gasteiger partial charge in [0.2, 0.25) is 0 Å². The Morgan fingerprint density at radius 1 is 1.41 bits per heavy atom. The molecule has 0 saturated heterocycles. The molecule has 0 unspecified atom stereocenters. The minimum absolute atomic E-state index is 0.325. The Balaban J connectivity index is 3.06. The molecule has 0 bridgehead atoms. The van der Waals surface area contributed by atoms with E-state index in [1.165, 1.54) is 6.08 Å². The Kier molecular flexibility index (Phi) is 4.76. The van der Waals surface area contributed by atoms with Gasteiger partial charge in [0, 0.05) is 11.6 Å². The van der Waals surface area contributed by atoms with Gasteiger partial charge in [0.05, 0.1) is 13.7 Å². The molecule has 1 aromatic carbocycles. The Morgan fingerprint density at radius 3 is 2.71 bits per heavy atom. The van der Waals surface area contributed by atoms with Crippen molar-refractivity contribution in [1.82, 2.24) is 0 Å². The van der Waals surface area contributed by atoms with Crippen LogP contribution in [0, 0.1) is 6.92 Å². The summed E-state index contributed by atoms with van der Waals surface area (Å²) in [6, 6.07) is 5.86. The first-order chi connectivity index (χ1) is 8.08. The van der Waals surface area contributed by atoms with Crippen molar-refractivity contribution in [1.29, 1.82) is 0 Å². The van der Waals surface area contributed by atoms with Gasteiger partial charge in [-0.1, -0.05) is 11.6 Å². The van der Waals surface area contributed by atoms with Gasteiger partial charge in [-0.3, -0.25) is 0 Å². The first-order valence-electron chi connectivity index (χ1n) is 5.58. The summed E-state index contributed by atoms with van der Waals surface area (Å²) in [5, 5.41) is 0. The quantitative estimate of drug-likeness (QED) is 0.593. The van der Waals surface area contributed by atoms with E-state index in [2.05, 4.69) is 0 Å². The fraction of sp³-hybridized carbons (Fsp3) is 0.357. The number of hydrogen-bond donors (Lipinski definition) is 0. The third kappa shape index (κ3) is 3.63. The van der Waals surface area contributed by atoms with Crippen molar-refractivity contribution in [3.63, 3.8) is 0 Å². The predicted molar refractivity (Wildman–Crippen MR) is 68.0 cm³/mol. The first-order valence-corrected chi connectivity index (χ1v) is 5.58. The second-order valence-corrected chi connectivity index (χ2v) is 3.78. The third-order valence-corrected chi connectivity index (χ3v) is 2.40. The molecule has 0 aliphatic rings. The summed E-state index contributed by atoms with van der Waals surface area (Å²) >= 11 is 0. The molecule has 0 aliphatic heterocycles. The Hall–Kier alpha value is -1.77. The van der Waals surface area contributed by atoms with Crippen LogP contribution in [0.1, 0.15) is 25.0 Å². The summed E-state index contributed by atoms with van der Waals surface area (Å²) in [7, 11) is 1.62. The maximum absolute atomic E-state index is 11.4. The van der Waals surface area contributed by atoms with E-state index < -0.39 is 0 Å². The van der Waals surface area contributed by atoms with Crippen LogP contribution in [-0.4, -0.2) is 19.7 Å². The van der Waals surface area contributed by atoms with Crippen LogP contribution in [-0.2, 0) is 9.53 Å². The second kappa shape index (κ2) is 6.09. The normalized spacial score (nSPS) is 11.2. The highest BCUT2D eigenvalue weighted by molar-refractivity contribution is 5.91. The summed E-state index contributed by atoms with van der Waals surface area (Å²) in [4.78, 5) is 11.4. The molecule has 0 amide bonds. The summed E-state index contributed by atoms with van der Waals surface area (Å²) in [5.41, 5.74) is 2.88. The Bertz CT molecular complexity index is 433. The molecule has 0 fully saturated rings. The summed E-state index contributed by atoms with van der Waals surface area (Å²) in [5.74, 6) is 0.433. The van der Waals surface area contributed by atoms with E-state index in [1.54, 1.807) is 14.0 Å². The van der Waals surface area contributed by atoms with Crippen molar-refractivity contribution >= 4 is 11.5 Å². The first kappa shape index (κ1) is 13.3. The SMILES string of the molecule is CCOC(=O)/C=C(/C)c1cc(C)ccc1OC. The fourth-order valence-electron chi connectivity index (χ4n) is 1.57. The zero-order chi connectivity index (χ0) is 12.8. The second-order valence-electron chi connectivity index (χ2n) is 3.78. The zero-order valence-corrected chi connectivity index (χ0v) is 10.7. The zero-order valence-electron chi connectivity index (χ0n) is 10.7. The number of aryl methyl sites for hydroxylation is 1. The topological polar surface area (TPSA) is 35.5 Å². The van der Waals surface area contributed by atoms with Gasteiger partial charge in [-0.2, -0.15) is 0 Å². The van der Waals surface area contributed by atoms with Crippen LogP contribution >= 0.6 is 0 Å². The molecule has 0 heterocycles. The molecular formula is C14H18O3. The number of hydrogen-bond acceptors (Lipinski definition) is 3. The number of carbonyl (C=O) groups is 1. The van der Waals surface area contributed by atoms with Crippen molar-refractivity contribution < 1.29 is 14.3 Å². The number of carbonyl (C=O) groups excluding carboxylic acids is 1. The molecule has 1 aromatic rings. The van der Waals surface area contributed by atoms with Crippen molar-refractivity contribution in [2.75, 3.05) is 13.7 Å². The molecule has 0 N–H and O–H groups in total. The molecule has 3 heteroatoms. The van der Waals surface area contributed by atoms with Gasteiger partial charge >= 0.3 is 5.97 Å². The number of rotatable bonds is 4. The Labute approximate surface area is 102 Å². The number of ether oxygens (including phenoxy) is 2. The summed E-state index contributed by atoms with van der Waals surface area (Å²) < 4.78 is 10.2. The van der Waals surface area contributed by atoms with Gasteiger partial charge < -0.3 is 9.47 Å². The average molecular weight is 234 g/mol. The largest absolute Gasteiger partial charge is 0.496 e. The molecule has 0 radical (unpaired) electrons. The van der Waals surface area contributed by atoms with Crippen LogP contribution in [0.3, 0.4) is 0 Å². The highest BCUT2D eigenvalue weighted by Crippen LogP contribution is 2.26. The van der Waals surface area contributed by atoms with E-state index in [0.29, 0.717) is 6.61 Å². The highest BCUT2D eigenvalue weighted by atomic mass is 16.5. The lowest BCUT2D eigenvalue weighted by atomic mass is 10.0. The lowest BCUT2D eigenvalue weighted by molar-refractivity contribution is -0.137. The standard InChI is InChI=1S/C14H18O3/c1-5-17-14(15)9-11(3)12-8-10(2)6-7-13(12)16-4/h6-9H,5H2,1-4H3/b11-9-. The monoisotopic (exact) mass is 234 g/mol. The van der Waals surface area contributed by atoms with Crippen LogP contribution in [0.4, 0.5) is 0 Å². The van der Waals surface area contributed by atoms with Gasteiger partial charge in [0.15, 0.2) is 0 Å². The highest BCUT2D eigenvalue weighted by Gasteiger charge is 2.07. The maximum Gasteiger partial charge on any atom is 0.331 e. The van der Waals surface area contributed by atoms with Crippen LogP contribution in [0.25, 0.3) is 5.57 Å². The van der Waals surface area contributed by atoms with Gasteiger partial charge in [0.25, 0.3) is 0 Å². The molecule has 0 aliphatic carbocycles. The lowest BCUT2D eigenvalue weighted by Crippen LogP contribution is -2.01. The lowest BCUT2D eigenvalue weighted by Gasteiger charge is -2.09. The van der Waals surface area contributed by atoms with E-state index in [-0.39, 0.29) is 5.97 Å². The maximum atomic E-state index is 11.4. The summed E-state index contributed by atoms with van der Waals surface area (Å²) in [6.07, 6.45) is 1.49. The van der Waals surface area contributed by atoms with Crippen LogP contribution in [0.15, 0.2) is 24.3 Å². The summed E-state index contributed by atoms with van der Waals surface area (Å²) in [6.45, 7) is 6.04. The van der Waals surface area contributed by atoms with Crippen molar-refractivity contribution in [2.45, 2.75) is 20.8 Å². The van der Waals surface area contributed by atoms with Crippen molar-refractivity contribution in [3.05, 3.63) is 35.4 Å². The smallest absolute Gasteiger partial charge is 0.331 e. The van der Waals surface area contributed by atoms with Gasteiger partial charge in [-0.15, -0.1) is 0 Å². The number of allylic oxidation sites excluding steroid dienone is 1. The molecule has 92 valence electrons. The van der Waals surface area contributed by atoms with Gasteiger partial charge in [-0.05, 0) is 38.5 Å². The van der Waals surface area contributed by atoms with Crippen molar-refractivity contribution in [2.24, 2.45) is 0 Å². The van der Waals surface area contributed by atoms with E-state index in [1.807, 2.05) is 32.0 Å². The third-order valence-electron chi connectivity index (χ3n) is 2.40. The van der Waals surface area contributed by atoms with Crippen LogP contribution in [0.2, 0.25) is 0 Å². The van der Waals surface area contributed by atoms with E-state index in [4.69, 9.17) is 9.47 Å². The molecule has 3 nitrogen and oxygen atoms in total. The van der Waals surface area contributed by atoms with Crippen LogP contribution < -0.4 is 4.74 Å².